The molecule has 0 saturated carbocycles. The van der Waals surface area contributed by atoms with Crippen LogP contribution in [0.1, 0.15) is 57.1 Å². The zero-order valence-electron chi connectivity index (χ0n) is 17.9. The summed E-state index contributed by atoms with van der Waals surface area (Å²) in [4.78, 5) is 9.55. The van der Waals surface area contributed by atoms with E-state index in [2.05, 4.69) is 51.4 Å². The molecule has 1 aromatic heterocycles. The van der Waals surface area contributed by atoms with Crippen molar-refractivity contribution in [2.24, 2.45) is 4.99 Å². The van der Waals surface area contributed by atoms with Crippen LogP contribution < -0.4 is 10.6 Å². The van der Waals surface area contributed by atoms with Crippen molar-refractivity contribution in [3.63, 3.8) is 0 Å². The second-order valence-corrected chi connectivity index (χ2v) is 8.21. The molecule has 0 radical (unpaired) electrons. The average Bonchev–Trinajstić information content (AvgIpc) is 3.34. The third-order valence-corrected chi connectivity index (χ3v) is 5.96. The lowest BCUT2D eigenvalue weighted by Gasteiger charge is -2.35. The van der Waals surface area contributed by atoms with Gasteiger partial charge in [-0.2, -0.15) is 0 Å². The van der Waals surface area contributed by atoms with Gasteiger partial charge in [-0.3, -0.25) is 9.89 Å². The number of hydrogen-bond acceptors (Lipinski definition) is 4. The molecular weight excluding hydrogens is 465 g/mol. The van der Waals surface area contributed by atoms with Crippen LogP contribution in [0.3, 0.4) is 0 Å². The number of nitrogens with one attached hydrogen (secondary N) is 2. The van der Waals surface area contributed by atoms with Crippen LogP contribution in [0.25, 0.3) is 0 Å². The number of aryl methyl sites for hydroxylation is 1. The van der Waals surface area contributed by atoms with Crippen LogP contribution in [0, 0.1) is 6.92 Å². The van der Waals surface area contributed by atoms with Crippen LogP contribution in [-0.2, 0) is 0 Å². The maximum absolute atomic E-state index is 5.96. The molecule has 2 aliphatic heterocycles. The maximum atomic E-state index is 5.96. The van der Waals surface area contributed by atoms with Gasteiger partial charge in [0.05, 0.1) is 6.04 Å². The van der Waals surface area contributed by atoms with Gasteiger partial charge < -0.3 is 20.0 Å². The molecule has 6 nitrogen and oxygen atoms in total. The van der Waals surface area contributed by atoms with Crippen LogP contribution in [0.5, 0.6) is 0 Å². The summed E-state index contributed by atoms with van der Waals surface area (Å²) in [7, 11) is 1.86. The highest BCUT2D eigenvalue weighted by Gasteiger charge is 2.27. The topological polar surface area (TPSA) is 56.0 Å². The number of guanidine groups is 1. The van der Waals surface area contributed by atoms with E-state index in [4.69, 9.17) is 4.42 Å². The van der Waals surface area contributed by atoms with Gasteiger partial charge in [-0.15, -0.1) is 24.0 Å². The van der Waals surface area contributed by atoms with Gasteiger partial charge in [0.15, 0.2) is 5.96 Å². The lowest BCUT2D eigenvalue weighted by Crippen LogP contribution is -2.50. The summed E-state index contributed by atoms with van der Waals surface area (Å²) in [6.07, 6.45) is 4.90. The first-order valence-corrected chi connectivity index (χ1v) is 10.6. The van der Waals surface area contributed by atoms with E-state index in [0.717, 1.165) is 50.2 Å². The summed E-state index contributed by atoms with van der Waals surface area (Å²) in [5.41, 5.74) is 0. The molecule has 7 heteroatoms. The molecular formula is C21H38IN5O. The van der Waals surface area contributed by atoms with Gasteiger partial charge in [0.1, 0.15) is 11.5 Å². The number of likely N-dealkylation sites (tertiary alicyclic amines) is 2. The molecule has 0 spiro atoms. The van der Waals surface area contributed by atoms with Crippen molar-refractivity contribution >= 4 is 29.9 Å². The van der Waals surface area contributed by atoms with Gasteiger partial charge in [-0.1, -0.05) is 0 Å². The second kappa shape index (κ2) is 11.4. The average molecular weight is 503 g/mol. The van der Waals surface area contributed by atoms with Gasteiger partial charge in [0.2, 0.25) is 0 Å². The predicted molar refractivity (Wildman–Crippen MR) is 127 cm³/mol. The highest BCUT2D eigenvalue weighted by molar-refractivity contribution is 14.0. The number of furan rings is 1. The van der Waals surface area contributed by atoms with Crippen molar-refractivity contribution in [2.75, 3.05) is 39.8 Å². The van der Waals surface area contributed by atoms with Crippen LogP contribution >= 0.6 is 24.0 Å². The van der Waals surface area contributed by atoms with Crippen LogP contribution in [0.2, 0.25) is 0 Å². The Bertz CT molecular complexity index is 604. The van der Waals surface area contributed by atoms with Crippen molar-refractivity contribution < 1.29 is 4.42 Å². The quantitative estimate of drug-likeness (QED) is 0.354. The highest BCUT2D eigenvalue weighted by Crippen LogP contribution is 2.26. The number of nitrogens with zero attached hydrogens (tertiary/aromatic N) is 3. The van der Waals surface area contributed by atoms with Crippen molar-refractivity contribution in [3.8, 4) is 0 Å². The Morgan fingerprint density at radius 1 is 1.14 bits per heavy atom. The number of rotatable bonds is 6. The molecule has 0 bridgehead atoms. The molecule has 2 saturated heterocycles. The summed E-state index contributed by atoms with van der Waals surface area (Å²) < 4.78 is 5.96. The van der Waals surface area contributed by atoms with Gasteiger partial charge in [0.25, 0.3) is 0 Å². The molecule has 2 N–H and O–H groups in total. The first kappa shape index (κ1) is 23.5. The lowest BCUT2D eigenvalue weighted by molar-refractivity contribution is 0.167. The van der Waals surface area contributed by atoms with Crippen LogP contribution in [-0.4, -0.2) is 67.6 Å². The zero-order chi connectivity index (χ0) is 19.2. The molecule has 1 unspecified atom stereocenters. The molecule has 0 amide bonds. The number of hydrogen-bond donors (Lipinski definition) is 2. The molecule has 1 aromatic rings. The van der Waals surface area contributed by atoms with Gasteiger partial charge in [-0.05, 0) is 71.7 Å². The molecule has 1 atom stereocenters. The normalized spacial score (nSPS) is 21.0. The number of piperidine rings is 1. The Kier molecular flexibility index (Phi) is 9.56. The second-order valence-electron chi connectivity index (χ2n) is 8.21. The third kappa shape index (κ3) is 6.35. The Balaban J connectivity index is 0.00000280. The van der Waals surface area contributed by atoms with E-state index in [9.17, 15) is 0 Å². The van der Waals surface area contributed by atoms with E-state index >= 15 is 0 Å². The predicted octanol–water partition coefficient (Wildman–Crippen LogP) is 3.38. The minimum absolute atomic E-state index is 0. The summed E-state index contributed by atoms with van der Waals surface area (Å²) in [6.45, 7) is 12.0. The highest BCUT2D eigenvalue weighted by atomic mass is 127. The Morgan fingerprint density at radius 3 is 2.36 bits per heavy atom. The Hall–Kier alpha value is -0.800. The fourth-order valence-corrected chi connectivity index (χ4v) is 4.24. The van der Waals surface area contributed by atoms with Crippen LogP contribution in [0.4, 0.5) is 0 Å². The van der Waals surface area contributed by atoms with Crippen molar-refractivity contribution in [1.29, 1.82) is 0 Å². The van der Waals surface area contributed by atoms with Gasteiger partial charge in [-0.25, -0.2) is 0 Å². The van der Waals surface area contributed by atoms with E-state index in [0.29, 0.717) is 12.1 Å². The molecule has 3 heterocycles. The summed E-state index contributed by atoms with van der Waals surface area (Å²) in [5.74, 6) is 2.95. The lowest BCUT2D eigenvalue weighted by atomic mass is 10.0. The molecule has 160 valence electrons. The minimum atomic E-state index is 0. The van der Waals surface area contributed by atoms with E-state index in [1.807, 2.05) is 14.0 Å². The maximum Gasteiger partial charge on any atom is 0.191 e. The third-order valence-electron chi connectivity index (χ3n) is 5.96. The first-order chi connectivity index (χ1) is 13.1. The molecule has 3 rings (SSSR count). The minimum Gasteiger partial charge on any atom is -0.465 e. The molecule has 2 aliphatic rings. The molecule has 0 aromatic carbocycles. The molecule has 28 heavy (non-hydrogen) atoms. The van der Waals surface area contributed by atoms with E-state index in [1.54, 1.807) is 0 Å². The summed E-state index contributed by atoms with van der Waals surface area (Å²) in [6, 6.07) is 5.59. The smallest absolute Gasteiger partial charge is 0.191 e. The standard InChI is InChI=1S/C21H37N5O.HI/c1-16(2)25-13-9-18(10-14-25)24-21(22-4)23-15-19(26-11-5-6-12-26)20-8-7-17(3)27-20;/h7-8,16,18-19H,5-6,9-15H2,1-4H3,(H2,22,23,24);1H. The van der Waals surface area contributed by atoms with E-state index in [1.165, 1.54) is 25.7 Å². The van der Waals surface area contributed by atoms with Crippen molar-refractivity contribution in [1.82, 2.24) is 20.4 Å². The zero-order valence-corrected chi connectivity index (χ0v) is 20.2. The van der Waals surface area contributed by atoms with Crippen molar-refractivity contribution in [2.45, 2.75) is 64.6 Å². The Morgan fingerprint density at radius 2 is 1.82 bits per heavy atom. The van der Waals surface area contributed by atoms with Crippen LogP contribution in [0.15, 0.2) is 21.5 Å². The fraction of sp³-hybridized carbons (Fsp3) is 0.762. The van der Waals surface area contributed by atoms with Gasteiger partial charge in [0, 0.05) is 38.8 Å². The number of halogens is 1. The monoisotopic (exact) mass is 503 g/mol. The van der Waals surface area contributed by atoms with Gasteiger partial charge >= 0.3 is 0 Å². The van der Waals surface area contributed by atoms with Crippen molar-refractivity contribution in [3.05, 3.63) is 23.7 Å². The fourth-order valence-electron chi connectivity index (χ4n) is 4.24. The van der Waals surface area contributed by atoms with E-state index in [-0.39, 0.29) is 30.0 Å². The van der Waals surface area contributed by atoms with E-state index < -0.39 is 0 Å². The summed E-state index contributed by atoms with van der Waals surface area (Å²) >= 11 is 0. The molecule has 2 fully saturated rings. The largest absolute Gasteiger partial charge is 0.465 e. The summed E-state index contributed by atoms with van der Waals surface area (Å²) in [5, 5.41) is 7.19. The SMILES string of the molecule is CN=C(NCC(c1ccc(C)o1)N1CCCC1)NC1CCN(C(C)C)CC1.I. The Labute approximate surface area is 187 Å². The molecule has 0 aliphatic carbocycles. The first-order valence-electron chi connectivity index (χ1n) is 10.6. The number of aliphatic imine (C=N–C) groups is 1.